The van der Waals surface area contributed by atoms with E-state index < -0.39 is 17.4 Å². The number of nitrogens with zero attached hydrogens (tertiary/aromatic N) is 3. The summed E-state index contributed by atoms with van der Waals surface area (Å²) in [5.74, 6) is 0.263. The summed E-state index contributed by atoms with van der Waals surface area (Å²) in [6, 6.07) is 11.8. The molecule has 0 saturated heterocycles. The third-order valence-corrected chi connectivity index (χ3v) is 6.13. The van der Waals surface area contributed by atoms with Gasteiger partial charge in [-0.3, -0.25) is 9.78 Å². The maximum Gasteiger partial charge on any atom is 0.349 e. The molecular weight excluding hydrogens is 394 g/mol. The van der Waals surface area contributed by atoms with Crippen LogP contribution in [0, 0.1) is 13.8 Å². The van der Waals surface area contributed by atoms with Gasteiger partial charge in [0.2, 0.25) is 0 Å². The van der Waals surface area contributed by atoms with Crippen LogP contribution in [-0.2, 0) is 13.0 Å². The van der Waals surface area contributed by atoms with Gasteiger partial charge in [0.15, 0.2) is 11.5 Å². The normalized spacial score (nSPS) is 18.0. The highest BCUT2D eigenvalue weighted by Crippen LogP contribution is 2.31. The van der Waals surface area contributed by atoms with Crippen molar-refractivity contribution in [1.82, 2.24) is 24.8 Å². The van der Waals surface area contributed by atoms with E-state index in [0.717, 1.165) is 27.8 Å². The van der Waals surface area contributed by atoms with Crippen molar-refractivity contribution in [3.63, 3.8) is 0 Å². The summed E-state index contributed by atoms with van der Waals surface area (Å²) in [5, 5.41) is 13.9. The standard InChI is InChI=1S/C23H23N5O3/c1-12-9-16-17(10-13(12)2)28(21-20(25-16)22(30)27-23(31)26-21)8-7-24-19-15-6-4-3-5-14(15)11-18(19)29/h3-6,9-10,18-19,24,29H,7-8,11H2,1-2H3,(H,27,30,31)/t18-,19+/m0/s1. The molecule has 0 aromatic heterocycles. The van der Waals surface area contributed by atoms with Crippen molar-refractivity contribution in [2.24, 2.45) is 0 Å². The number of H-pyrrole nitrogens is 1. The predicted molar refractivity (Wildman–Crippen MR) is 117 cm³/mol. The lowest BCUT2D eigenvalue weighted by molar-refractivity contribution is 0.141. The first-order valence-corrected chi connectivity index (χ1v) is 10.3. The molecule has 1 aliphatic carbocycles. The number of rotatable bonds is 4. The molecule has 0 fully saturated rings. The molecule has 3 aliphatic rings. The van der Waals surface area contributed by atoms with Gasteiger partial charge in [0.1, 0.15) is 0 Å². The zero-order valence-corrected chi connectivity index (χ0v) is 17.3. The number of aliphatic hydroxyl groups is 1. The number of benzene rings is 2. The Kier molecular flexibility index (Phi) is 4.68. The molecule has 0 saturated carbocycles. The van der Waals surface area contributed by atoms with Gasteiger partial charge in [0, 0.05) is 19.5 Å². The quantitative estimate of drug-likeness (QED) is 0.433. The van der Waals surface area contributed by atoms with Gasteiger partial charge in [-0.15, -0.1) is 0 Å². The second-order valence-electron chi connectivity index (χ2n) is 8.13. The molecule has 2 aliphatic heterocycles. The van der Waals surface area contributed by atoms with E-state index in [0.29, 0.717) is 25.0 Å². The van der Waals surface area contributed by atoms with Crippen molar-refractivity contribution in [3.8, 4) is 11.5 Å². The highest BCUT2D eigenvalue weighted by Gasteiger charge is 2.30. The Morgan fingerprint density at radius 3 is 2.77 bits per heavy atom. The molecule has 8 heteroatoms. The topological polar surface area (TPSA) is 113 Å². The summed E-state index contributed by atoms with van der Waals surface area (Å²) in [6.45, 7) is 4.98. The van der Waals surface area contributed by atoms with Gasteiger partial charge in [-0.25, -0.2) is 9.78 Å². The fourth-order valence-corrected chi connectivity index (χ4v) is 4.43. The summed E-state index contributed by atoms with van der Waals surface area (Å²) in [5.41, 5.74) is 4.79. The van der Waals surface area contributed by atoms with E-state index in [2.05, 4.69) is 20.3 Å². The van der Waals surface area contributed by atoms with Crippen LogP contribution in [0.25, 0.3) is 22.6 Å². The zero-order chi connectivity index (χ0) is 21.7. The molecular formula is C23H23N5O3. The summed E-state index contributed by atoms with van der Waals surface area (Å²) in [6.07, 6.45) is 0.129. The Morgan fingerprint density at radius 1 is 1.16 bits per heavy atom. The lowest BCUT2D eigenvalue weighted by atomic mass is 10.1. The molecule has 0 amide bonds. The molecule has 0 radical (unpaired) electrons. The minimum absolute atomic E-state index is 0.140. The Morgan fingerprint density at radius 2 is 1.94 bits per heavy atom. The van der Waals surface area contributed by atoms with Crippen LogP contribution >= 0.6 is 0 Å². The number of hydrogen-bond donors (Lipinski definition) is 3. The number of nitrogens with one attached hydrogen (secondary N) is 2. The number of fused-ring (bicyclic) bond motifs is 3. The van der Waals surface area contributed by atoms with Gasteiger partial charge in [0.25, 0.3) is 5.56 Å². The van der Waals surface area contributed by atoms with E-state index in [1.54, 1.807) is 0 Å². The Bertz CT molecular complexity index is 1390. The van der Waals surface area contributed by atoms with E-state index in [4.69, 9.17) is 0 Å². The SMILES string of the molecule is Cc1cc2nc3c(=O)[nH]c(=O)nc-3n(CCN[C@@H]3c4ccccc4C[C@@H]3O)c2cc1C. The fraction of sp³-hybridized carbons (Fsp3) is 0.304. The van der Waals surface area contributed by atoms with Crippen LogP contribution in [0.2, 0.25) is 0 Å². The van der Waals surface area contributed by atoms with E-state index in [1.807, 2.05) is 54.8 Å². The molecule has 8 nitrogen and oxygen atoms in total. The van der Waals surface area contributed by atoms with Crippen molar-refractivity contribution in [2.75, 3.05) is 6.54 Å². The summed E-state index contributed by atoms with van der Waals surface area (Å²) >= 11 is 0. The number of aromatic nitrogens is 4. The van der Waals surface area contributed by atoms with E-state index in [-0.39, 0.29) is 17.6 Å². The summed E-state index contributed by atoms with van der Waals surface area (Å²) in [4.78, 5) is 35.0. The van der Waals surface area contributed by atoms with Gasteiger partial charge in [0.05, 0.1) is 23.2 Å². The molecule has 0 bridgehead atoms. The molecule has 5 rings (SSSR count). The first-order valence-electron chi connectivity index (χ1n) is 10.3. The predicted octanol–water partition coefficient (Wildman–Crippen LogP) is 1.45. The lowest BCUT2D eigenvalue weighted by Gasteiger charge is -2.21. The number of aromatic amines is 1. The third-order valence-electron chi connectivity index (χ3n) is 6.13. The van der Waals surface area contributed by atoms with Gasteiger partial charge >= 0.3 is 5.69 Å². The molecule has 2 heterocycles. The van der Waals surface area contributed by atoms with Crippen LogP contribution in [0.1, 0.15) is 28.3 Å². The molecule has 2 aromatic rings. The van der Waals surface area contributed by atoms with Crippen molar-refractivity contribution >= 4 is 11.0 Å². The minimum atomic E-state index is -0.690. The van der Waals surface area contributed by atoms with Crippen molar-refractivity contribution < 1.29 is 5.11 Å². The average molecular weight is 417 g/mol. The molecule has 2 atom stereocenters. The molecule has 158 valence electrons. The van der Waals surface area contributed by atoms with Crippen LogP contribution in [0.15, 0.2) is 46.0 Å². The average Bonchev–Trinajstić information content (AvgIpc) is 3.05. The van der Waals surface area contributed by atoms with E-state index in [1.165, 1.54) is 0 Å². The third kappa shape index (κ3) is 3.34. The summed E-state index contributed by atoms with van der Waals surface area (Å²) < 4.78 is 1.86. The van der Waals surface area contributed by atoms with Crippen LogP contribution in [0.3, 0.4) is 0 Å². The number of aliphatic hydroxyl groups excluding tert-OH is 1. The van der Waals surface area contributed by atoms with Crippen LogP contribution in [0.4, 0.5) is 0 Å². The molecule has 0 spiro atoms. The van der Waals surface area contributed by atoms with E-state index in [9.17, 15) is 14.7 Å². The smallest absolute Gasteiger partial charge is 0.349 e. The molecule has 31 heavy (non-hydrogen) atoms. The number of aryl methyl sites for hydroxylation is 2. The van der Waals surface area contributed by atoms with Crippen molar-refractivity contribution in [3.05, 3.63) is 79.5 Å². The van der Waals surface area contributed by atoms with Gasteiger partial charge in [-0.2, -0.15) is 4.98 Å². The van der Waals surface area contributed by atoms with Crippen LogP contribution in [0.5, 0.6) is 0 Å². The van der Waals surface area contributed by atoms with Gasteiger partial charge in [-0.05, 0) is 48.2 Å². The first kappa shape index (κ1) is 19.6. The largest absolute Gasteiger partial charge is 0.391 e. The molecule has 3 N–H and O–H groups in total. The number of hydrogen-bond acceptors (Lipinski definition) is 6. The first-order chi connectivity index (χ1) is 14.9. The summed E-state index contributed by atoms with van der Waals surface area (Å²) in [7, 11) is 0. The zero-order valence-electron chi connectivity index (χ0n) is 17.3. The van der Waals surface area contributed by atoms with Crippen molar-refractivity contribution in [2.45, 2.75) is 39.0 Å². The second-order valence-corrected chi connectivity index (χ2v) is 8.13. The van der Waals surface area contributed by atoms with Gasteiger partial charge in [-0.1, -0.05) is 24.3 Å². The Hall–Kier alpha value is -3.36. The Balaban J connectivity index is 1.54. The maximum absolute atomic E-state index is 12.4. The monoisotopic (exact) mass is 417 g/mol. The lowest BCUT2D eigenvalue weighted by Crippen LogP contribution is -2.33. The highest BCUT2D eigenvalue weighted by atomic mass is 16.3. The highest BCUT2D eigenvalue weighted by molar-refractivity contribution is 5.81. The minimum Gasteiger partial charge on any atom is -0.391 e. The Labute approximate surface area is 178 Å². The second kappa shape index (κ2) is 7.40. The molecule has 0 unspecified atom stereocenters. The van der Waals surface area contributed by atoms with E-state index >= 15 is 0 Å². The fourth-order valence-electron chi connectivity index (χ4n) is 4.43. The maximum atomic E-state index is 12.4. The molecule has 2 aromatic carbocycles. The van der Waals surface area contributed by atoms with Crippen molar-refractivity contribution in [1.29, 1.82) is 0 Å². The van der Waals surface area contributed by atoms with Gasteiger partial charge < -0.3 is 15.0 Å². The van der Waals surface area contributed by atoms with Crippen LogP contribution < -0.4 is 16.6 Å². The van der Waals surface area contributed by atoms with Crippen LogP contribution in [-0.4, -0.2) is 37.3 Å².